The van der Waals surface area contributed by atoms with E-state index in [-0.39, 0.29) is 12.0 Å². The van der Waals surface area contributed by atoms with Crippen molar-refractivity contribution in [1.29, 1.82) is 0 Å². The van der Waals surface area contributed by atoms with Crippen molar-refractivity contribution in [1.82, 2.24) is 0 Å². The molecule has 2 fully saturated rings. The minimum Gasteiger partial charge on any atom is -0.327 e. The molecule has 2 heteroatoms. The normalized spacial score (nSPS) is 38.9. The highest BCUT2D eigenvalue weighted by atomic mass is 16.1. The summed E-state index contributed by atoms with van der Waals surface area (Å²) in [4.78, 5) is 11.7. The minimum atomic E-state index is 0.204. The molecule has 2 aliphatic carbocycles. The Kier molecular flexibility index (Phi) is 6.04. The molecule has 0 bridgehead atoms. The predicted octanol–water partition coefficient (Wildman–Crippen LogP) is 4.17. The van der Waals surface area contributed by atoms with Gasteiger partial charge in [0.15, 0.2) is 0 Å². The van der Waals surface area contributed by atoms with Crippen LogP contribution in [0.15, 0.2) is 0 Å². The Hall–Kier alpha value is -0.370. The summed E-state index contributed by atoms with van der Waals surface area (Å²) in [7, 11) is 0. The molecule has 0 aliphatic heterocycles. The third kappa shape index (κ3) is 3.21. The van der Waals surface area contributed by atoms with E-state index in [9.17, 15) is 4.79 Å². The zero-order valence-electron chi connectivity index (χ0n) is 13.5. The minimum absolute atomic E-state index is 0.204. The van der Waals surface area contributed by atoms with E-state index in [4.69, 9.17) is 5.73 Å². The number of rotatable bonds is 3. The van der Waals surface area contributed by atoms with Crippen LogP contribution in [-0.2, 0) is 4.79 Å². The summed E-state index contributed by atoms with van der Waals surface area (Å²) in [5.41, 5.74) is 6.99. The van der Waals surface area contributed by atoms with Gasteiger partial charge in [0.05, 0.1) is 0 Å². The van der Waals surface area contributed by atoms with Crippen molar-refractivity contribution >= 4 is 5.78 Å². The lowest BCUT2D eigenvalue weighted by Crippen LogP contribution is -2.50. The molecule has 0 heterocycles. The summed E-state index contributed by atoms with van der Waals surface area (Å²) >= 11 is 0. The predicted molar refractivity (Wildman–Crippen MR) is 82.0 cm³/mol. The van der Waals surface area contributed by atoms with Crippen molar-refractivity contribution in [2.24, 2.45) is 28.9 Å². The monoisotopic (exact) mass is 267 g/mol. The molecule has 2 saturated carbocycles. The lowest BCUT2D eigenvalue weighted by atomic mass is 9.60. The smallest absolute Gasteiger partial charge is 0.133 e. The number of hydrogen-bond donors (Lipinski definition) is 1. The van der Waals surface area contributed by atoms with E-state index < -0.39 is 0 Å². The van der Waals surface area contributed by atoms with Gasteiger partial charge in [-0.15, -0.1) is 0 Å². The van der Waals surface area contributed by atoms with Crippen LogP contribution in [0.2, 0.25) is 0 Å². The SMILES string of the molecule is CC.CCC(C(C)=O)C1CCC2(C)CCCC2C1N. The number of nitrogens with two attached hydrogens (primary N) is 1. The van der Waals surface area contributed by atoms with Crippen LogP contribution >= 0.6 is 0 Å². The van der Waals surface area contributed by atoms with Gasteiger partial charge in [0, 0.05) is 12.0 Å². The van der Waals surface area contributed by atoms with E-state index in [0.717, 1.165) is 12.8 Å². The van der Waals surface area contributed by atoms with E-state index in [0.29, 0.717) is 23.0 Å². The number of ketones is 1. The van der Waals surface area contributed by atoms with Gasteiger partial charge in [0.25, 0.3) is 0 Å². The lowest BCUT2D eigenvalue weighted by molar-refractivity contribution is -0.124. The summed E-state index contributed by atoms with van der Waals surface area (Å²) in [6, 6.07) is 0.255. The molecule has 2 aliphatic rings. The van der Waals surface area contributed by atoms with Crippen molar-refractivity contribution in [3.63, 3.8) is 0 Å². The number of hydrogen-bond acceptors (Lipinski definition) is 2. The van der Waals surface area contributed by atoms with Gasteiger partial charge < -0.3 is 5.73 Å². The van der Waals surface area contributed by atoms with Crippen LogP contribution in [0, 0.1) is 23.2 Å². The summed E-state index contributed by atoms with van der Waals surface area (Å²) in [6.45, 7) is 10.3. The zero-order chi connectivity index (χ0) is 14.6. The molecular weight excluding hydrogens is 234 g/mol. The lowest BCUT2D eigenvalue weighted by Gasteiger charge is -2.46. The molecule has 0 aromatic rings. The van der Waals surface area contributed by atoms with E-state index in [1.54, 1.807) is 6.92 Å². The first-order valence-corrected chi connectivity index (χ1v) is 8.25. The highest BCUT2D eigenvalue weighted by Crippen LogP contribution is 2.54. The molecular formula is C17H33NO. The molecule has 0 aromatic carbocycles. The largest absolute Gasteiger partial charge is 0.327 e. The number of fused-ring (bicyclic) bond motifs is 1. The topological polar surface area (TPSA) is 43.1 Å². The molecule has 5 unspecified atom stereocenters. The van der Waals surface area contributed by atoms with Gasteiger partial charge in [-0.25, -0.2) is 0 Å². The van der Waals surface area contributed by atoms with E-state index >= 15 is 0 Å². The van der Waals surface area contributed by atoms with Crippen LogP contribution in [0.3, 0.4) is 0 Å². The number of Topliss-reactive ketones (excluding diaryl/α,β-unsaturated/α-hetero) is 1. The first-order valence-electron chi connectivity index (χ1n) is 8.25. The molecule has 5 atom stereocenters. The third-order valence-corrected chi connectivity index (χ3v) is 5.64. The van der Waals surface area contributed by atoms with E-state index in [2.05, 4.69) is 13.8 Å². The Morgan fingerprint density at radius 2 is 1.95 bits per heavy atom. The number of carbonyl (C=O) groups excluding carboxylic acids is 1. The van der Waals surface area contributed by atoms with Crippen LogP contribution in [-0.4, -0.2) is 11.8 Å². The van der Waals surface area contributed by atoms with Crippen LogP contribution in [0.25, 0.3) is 0 Å². The first kappa shape index (κ1) is 16.7. The number of carbonyl (C=O) groups is 1. The van der Waals surface area contributed by atoms with E-state index in [1.807, 2.05) is 13.8 Å². The molecule has 2 N–H and O–H groups in total. The maximum Gasteiger partial charge on any atom is 0.133 e. The maximum absolute atomic E-state index is 11.7. The second kappa shape index (κ2) is 6.88. The summed E-state index contributed by atoms with van der Waals surface area (Å²) in [6.07, 6.45) is 7.35. The molecule has 2 rings (SSSR count). The fourth-order valence-corrected chi connectivity index (χ4v) is 4.58. The Morgan fingerprint density at radius 1 is 1.32 bits per heavy atom. The molecule has 2 nitrogen and oxygen atoms in total. The molecule has 0 radical (unpaired) electrons. The summed E-state index contributed by atoms with van der Waals surface area (Å²) in [5.74, 6) is 1.65. The Balaban J connectivity index is 0.000000861. The van der Waals surface area contributed by atoms with Gasteiger partial charge in [0.2, 0.25) is 0 Å². The van der Waals surface area contributed by atoms with Crippen LogP contribution in [0.5, 0.6) is 0 Å². The van der Waals surface area contributed by atoms with Crippen molar-refractivity contribution in [3.8, 4) is 0 Å². The van der Waals surface area contributed by atoms with Crippen molar-refractivity contribution in [2.45, 2.75) is 79.2 Å². The average molecular weight is 267 g/mol. The van der Waals surface area contributed by atoms with Gasteiger partial charge in [-0.3, -0.25) is 4.79 Å². The molecule has 0 amide bonds. The van der Waals surface area contributed by atoms with Crippen molar-refractivity contribution in [2.75, 3.05) is 0 Å². The zero-order valence-corrected chi connectivity index (χ0v) is 13.5. The molecule has 0 aromatic heterocycles. The molecule has 112 valence electrons. The fourth-order valence-electron chi connectivity index (χ4n) is 4.58. The highest BCUT2D eigenvalue weighted by Gasteiger charge is 2.49. The third-order valence-electron chi connectivity index (χ3n) is 5.64. The van der Waals surface area contributed by atoms with Crippen molar-refractivity contribution < 1.29 is 4.79 Å². The second-order valence-electron chi connectivity index (χ2n) is 6.56. The van der Waals surface area contributed by atoms with Gasteiger partial charge >= 0.3 is 0 Å². The van der Waals surface area contributed by atoms with Gasteiger partial charge in [-0.2, -0.15) is 0 Å². The van der Waals surface area contributed by atoms with Gasteiger partial charge in [-0.05, 0) is 56.3 Å². The second-order valence-corrected chi connectivity index (χ2v) is 6.56. The molecule has 0 spiro atoms. The summed E-state index contributed by atoms with van der Waals surface area (Å²) < 4.78 is 0. The van der Waals surface area contributed by atoms with Gasteiger partial charge in [-0.1, -0.05) is 34.1 Å². The Morgan fingerprint density at radius 3 is 2.47 bits per heavy atom. The fraction of sp³-hybridized carbons (Fsp3) is 0.941. The molecule has 0 saturated heterocycles. The maximum atomic E-state index is 11.7. The Labute approximate surface area is 119 Å². The van der Waals surface area contributed by atoms with Crippen molar-refractivity contribution in [3.05, 3.63) is 0 Å². The van der Waals surface area contributed by atoms with Crippen LogP contribution < -0.4 is 5.73 Å². The van der Waals surface area contributed by atoms with Gasteiger partial charge in [0.1, 0.15) is 5.78 Å². The average Bonchev–Trinajstić information content (AvgIpc) is 2.78. The quantitative estimate of drug-likeness (QED) is 0.834. The first-order chi connectivity index (χ1) is 8.99. The van der Waals surface area contributed by atoms with E-state index in [1.165, 1.54) is 25.7 Å². The highest BCUT2D eigenvalue weighted by molar-refractivity contribution is 5.78. The molecule has 19 heavy (non-hydrogen) atoms. The van der Waals surface area contributed by atoms with Crippen LogP contribution in [0.1, 0.15) is 73.1 Å². The Bertz CT molecular complexity index is 302. The standard InChI is InChI=1S/C15H27NO.C2H6/c1-4-11(10(2)17)12-7-9-15(3)8-5-6-13(15)14(12)16;1-2/h11-14H,4-9,16H2,1-3H3;1-2H3. The van der Waals surface area contributed by atoms with Crippen LogP contribution in [0.4, 0.5) is 0 Å². The summed E-state index contributed by atoms with van der Waals surface area (Å²) in [5, 5.41) is 0.